The van der Waals surface area contributed by atoms with E-state index in [0.29, 0.717) is 17.4 Å². The zero-order valence-electron chi connectivity index (χ0n) is 12.7. The molecule has 0 atom stereocenters. The number of nitrogens with zero attached hydrogens (tertiary/aromatic N) is 2. The molecule has 0 spiro atoms. The fourth-order valence-corrected chi connectivity index (χ4v) is 2.97. The highest BCUT2D eigenvalue weighted by Crippen LogP contribution is 2.19. The molecule has 0 unspecified atom stereocenters. The van der Waals surface area contributed by atoms with Crippen LogP contribution in [-0.2, 0) is 17.8 Å². The second-order valence-electron chi connectivity index (χ2n) is 5.28. The fourth-order valence-electron chi connectivity index (χ4n) is 2.35. The van der Waals surface area contributed by atoms with Crippen LogP contribution in [0.2, 0.25) is 5.02 Å². The van der Waals surface area contributed by atoms with Crippen LogP contribution < -0.4 is 5.32 Å². The van der Waals surface area contributed by atoms with E-state index in [1.54, 1.807) is 23.0 Å². The lowest BCUT2D eigenvalue weighted by molar-refractivity contribution is -0.115. The molecule has 0 saturated heterocycles. The smallest absolute Gasteiger partial charge is 0.229 e. The van der Waals surface area contributed by atoms with Crippen LogP contribution in [0.3, 0.4) is 0 Å². The molecule has 4 nitrogen and oxygen atoms in total. The minimum absolute atomic E-state index is 0.128. The van der Waals surface area contributed by atoms with Gasteiger partial charge in [-0.15, -0.1) is 0 Å². The van der Waals surface area contributed by atoms with Crippen LogP contribution in [0.1, 0.15) is 11.1 Å². The Hall–Kier alpha value is -2.11. The van der Waals surface area contributed by atoms with E-state index in [9.17, 15) is 4.79 Å². The predicted molar refractivity (Wildman–Crippen MR) is 99.3 cm³/mol. The van der Waals surface area contributed by atoms with Gasteiger partial charge in [-0.3, -0.25) is 4.79 Å². The van der Waals surface area contributed by atoms with Gasteiger partial charge in [0, 0.05) is 15.6 Å². The number of carbonyl (C=O) groups is 1. The minimum Gasteiger partial charge on any atom is -0.311 e. The topological polar surface area (TPSA) is 46.9 Å². The lowest BCUT2D eigenvalue weighted by Crippen LogP contribution is -2.18. The normalized spacial score (nSPS) is 10.6. The highest BCUT2D eigenvalue weighted by Gasteiger charge is 2.11. The third kappa shape index (κ3) is 4.04. The molecule has 3 rings (SSSR count). The van der Waals surface area contributed by atoms with Gasteiger partial charge in [0.15, 0.2) is 0 Å². The Morgan fingerprint density at radius 1 is 1.08 bits per heavy atom. The van der Waals surface area contributed by atoms with E-state index in [1.807, 2.05) is 42.5 Å². The van der Waals surface area contributed by atoms with Crippen molar-refractivity contribution < 1.29 is 4.79 Å². The monoisotopic (exact) mass is 403 g/mol. The molecule has 0 saturated carbocycles. The van der Waals surface area contributed by atoms with Crippen molar-refractivity contribution in [1.29, 1.82) is 0 Å². The summed E-state index contributed by atoms with van der Waals surface area (Å²) in [5.41, 5.74) is 1.89. The molecule has 0 aliphatic rings. The van der Waals surface area contributed by atoms with Crippen molar-refractivity contribution in [2.24, 2.45) is 0 Å². The molecule has 0 bridgehead atoms. The molecular weight excluding hydrogens is 390 g/mol. The zero-order chi connectivity index (χ0) is 16.9. The number of amides is 1. The number of anilines is 1. The Bertz CT molecular complexity index is 863. The van der Waals surface area contributed by atoms with Gasteiger partial charge in [0.25, 0.3) is 0 Å². The van der Waals surface area contributed by atoms with Gasteiger partial charge < -0.3 is 5.32 Å². The second-order valence-corrected chi connectivity index (χ2v) is 6.54. The lowest BCUT2D eigenvalue weighted by Gasteiger charge is -2.10. The molecule has 6 heteroatoms. The summed E-state index contributed by atoms with van der Waals surface area (Å²) in [5, 5.41) is 7.77. The van der Waals surface area contributed by atoms with E-state index in [2.05, 4.69) is 26.3 Å². The summed E-state index contributed by atoms with van der Waals surface area (Å²) in [4.78, 5) is 12.3. The van der Waals surface area contributed by atoms with Gasteiger partial charge in [0.1, 0.15) is 5.82 Å². The molecule has 0 aliphatic carbocycles. The van der Waals surface area contributed by atoms with Crippen molar-refractivity contribution >= 4 is 39.3 Å². The highest BCUT2D eigenvalue weighted by atomic mass is 79.9. The molecule has 0 radical (unpaired) electrons. The maximum atomic E-state index is 12.3. The van der Waals surface area contributed by atoms with Crippen molar-refractivity contribution in [3.63, 3.8) is 0 Å². The molecule has 0 aliphatic heterocycles. The predicted octanol–water partition coefficient (Wildman–Crippen LogP) is 4.53. The SMILES string of the molecule is O=C(Cc1ccccc1Cl)Nc1ccnn1Cc1ccccc1Br. The molecule has 1 heterocycles. The Balaban J connectivity index is 1.70. The fraction of sp³-hybridized carbons (Fsp3) is 0.111. The largest absolute Gasteiger partial charge is 0.311 e. The molecule has 3 aromatic rings. The van der Waals surface area contributed by atoms with Gasteiger partial charge in [0.2, 0.25) is 5.91 Å². The first-order valence-corrected chi connectivity index (χ1v) is 8.59. The Morgan fingerprint density at radius 2 is 1.79 bits per heavy atom. The van der Waals surface area contributed by atoms with E-state index >= 15 is 0 Å². The van der Waals surface area contributed by atoms with Crippen LogP contribution in [0.5, 0.6) is 0 Å². The Labute approximate surface area is 153 Å². The zero-order valence-corrected chi connectivity index (χ0v) is 15.1. The van der Waals surface area contributed by atoms with E-state index < -0.39 is 0 Å². The molecule has 2 aromatic carbocycles. The van der Waals surface area contributed by atoms with E-state index in [1.165, 1.54) is 0 Å². The van der Waals surface area contributed by atoms with Gasteiger partial charge in [0.05, 0.1) is 19.2 Å². The second kappa shape index (κ2) is 7.64. The first kappa shape index (κ1) is 16.7. The Kier molecular flexibility index (Phi) is 5.33. The average molecular weight is 405 g/mol. The third-order valence-corrected chi connectivity index (χ3v) is 4.71. The summed E-state index contributed by atoms with van der Waals surface area (Å²) in [7, 11) is 0. The van der Waals surface area contributed by atoms with Gasteiger partial charge in [-0.1, -0.05) is 63.9 Å². The molecule has 24 heavy (non-hydrogen) atoms. The number of hydrogen-bond acceptors (Lipinski definition) is 2. The maximum absolute atomic E-state index is 12.3. The number of rotatable bonds is 5. The van der Waals surface area contributed by atoms with Crippen molar-refractivity contribution in [1.82, 2.24) is 9.78 Å². The number of carbonyl (C=O) groups excluding carboxylic acids is 1. The summed E-state index contributed by atoms with van der Waals surface area (Å²) < 4.78 is 2.76. The van der Waals surface area contributed by atoms with Crippen LogP contribution in [0, 0.1) is 0 Å². The van der Waals surface area contributed by atoms with Crippen molar-refractivity contribution in [2.45, 2.75) is 13.0 Å². The first-order valence-electron chi connectivity index (χ1n) is 7.42. The third-order valence-electron chi connectivity index (χ3n) is 3.57. The minimum atomic E-state index is -0.128. The van der Waals surface area contributed by atoms with Crippen molar-refractivity contribution in [2.75, 3.05) is 5.32 Å². The summed E-state index contributed by atoms with van der Waals surface area (Å²) in [5.74, 6) is 0.528. The van der Waals surface area contributed by atoms with Gasteiger partial charge in [-0.2, -0.15) is 5.10 Å². The summed E-state index contributed by atoms with van der Waals surface area (Å²) in [6.45, 7) is 0.566. The van der Waals surface area contributed by atoms with Crippen LogP contribution in [-0.4, -0.2) is 15.7 Å². The molecule has 1 aromatic heterocycles. The summed E-state index contributed by atoms with van der Waals surface area (Å²) in [6.07, 6.45) is 1.89. The van der Waals surface area contributed by atoms with E-state index in [4.69, 9.17) is 11.6 Å². The van der Waals surface area contributed by atoms with Gasteiger partial charge >= 0.3 is 0 Å². The van der Waals surface area contributed by atoms with Crippen molar-refractivity contribution in [3.05, 3.63) is 81.4 Å². The Morgan fingerprint density at radius 3 is 2.54 bits per heavy atom. The number of benzene rings is 2. The molecule has 122 valence electrons. The molecular formula is C18H15BrClN3O. The number of hydrogen-bond donors (Lipinski definition) is 1. The quantitative estimate of drug-likeness (QED) is 0.679. The standard InChI is InChI=1S/C18H15BrClN3O/c19-15-7-3-1-6-14(15)12-23-17(9-10-21-23)22-18(24)11-13-5-2-4-8-16(13)20/h1-10H,11-12H2,(H,22,24). The van der Waals surface area contributed by atoms with Crippen LogP contribution in [0.4, 0.5) is 5.82 Å². The van der Waals surface area contributed by atoms with Crippen LogP contribution in [0.15, 0.2) is 65.3 Å². The first-order chi connectivity index (χ1) is 11.6. The number of halogens is 2. The van der Waals surface area contributed by atoms with Crippen LogP contribution in [0.25, 0.3) is 0 Å². The van der Waals surface area contributed by atoms with E-state index in [0.717, 1.165) is 15.6 Å². The van der Waals surface area contributed by atoms with Crippen molar-refractivity contribution in [3.8, 4) is 0 Å². The summed E-state index contributed by atoms with van der Waals surface area (Å²) in [6, 6.07) is 17.0. The van der Waals surface area contributed by atoms with Crippen LogP contribution >= 0.6 is 27.5 Å². The maximum Gasteiger partial charge on any atom is 0.229 e. The van der Waals surface area contributed by atoms with Gasteiger partial charge in [-0.05, 0) is 23.3 Å². The number of aromatic nitrogens is 2. The lowest BCUT2D eigenvalue weighted by atomic mass is 10.1. The molecule has 0 fully saturated rings. The molecule has 1 N–H and O–H groups in total. The van der Waals surface area contributed by atoms with Gasteiger partial charge in [-0.25, -0.2) is 4.68 Å². The number of nitrogens with one attached hydrogen (secondary N) is 1. The highest BCUT2D eigenvalue weighted by molar-refractivity contribution is 9.10. The summed E-state index contributed by atoms with van der Waals surface area (Å²) >= 11 is 9.63. The van der Waals surface area contributed by atoms with E-state index in [-0.39, 0.29) is 12.3 Å². The average Bonchev–Trinajstić information content (AvgIpc) is 2.99. The molecule has 1 amide bonds.